The van der Waals surface area contributed by atoms with Crippen LogP contribution in [0.15, 0.2) is 42.5 Å². The Morgan fingerprint density at radius 1 is 1.11 bits per heavy atom. The number of likely N-dealkylation sites (tertiary alicyclic amines) is 1. The Morgan fingerprint density at radius 2 is 1.82 bits per heavy atom. The van der Waals surface area contributed by atoms with Crippen molar-refractivity contribution in [2.24, 2.45) is 0 Å². The second-order valence-corrected chi connectivity index (χ2v) is 7.50. The molecule has 2 aromatic carbocycles. The summed E-state index contributed by atoms with van der Waals surface area (Å²) in [6, 6.07) is 12.5. The first kappa shape index (κ1) is 20.5. The first-order valence-electron chi connectivity index (χ1n) is 9.14. The van der Waals surface area contributed by atoms with Crippen LogP contribution < -0.4 is 10.1 Å². The number of para-hydroxylation sites is 1. The minimum absolute atomic E-state index is 0.00198. The molecular formula is C21H22Cl2N2O3. The minimum atomic E-state index is -0.244. The maximum Gasteiger partial charge on any atom is 0.253 e. The van der Waals surface area contributed by atoms with E-state index < -0.39 is 0 Å². The summed E-state index contributed by atoms with van der Waals surface area (Å²) in [5.74, 6) is 0.537. The van der Waals surface area contributed by atoms with Gasteiger partial charge in [-0.15, -0.1) is 0 Å². The van der Waals surface area contributed by atoms with Gasteiger partial charge >= 0.3 is 0 Å². The van der Waals surface area contributed by atoms with Crippen molar-refractivity contribution in [3.8, 4) is 5.75 Å². The maximum absolute atomic E-state index is 12.6. The molecule has 3 rings (SSSR count). The first-order valence-corrected chi connectivity index (χ1v) is 9.89. The second kappa shape index (κ2) is 9.30. The van der Waals surface area contributed by atoms with Crippen LogP contribution in [0.2, 0.25) is 10.0 Å². The molecule has 5 nitrogen and oxygen atoms in total. The van der Waals surface area contributed by atoms with E-state index in [0.29, 0.717) is 42.9 Å². The van der Waals surface area contributed by atoms with Gasteiger partial charge in [0.25, 0.3) is 5.91 Å². The van der Waals surface area contributed by atoms with Gasteiger partial charge in [-0.3, -0.25) is 9.59 Å². The zero-order valence-electron chi connectivity index (χ0n) is 15.6. The van der Waals surface area contributed by atoms with Crippen molar-refractivity contribution in [1.82, 2.24) is 10.2 Å². The normalized spacial score (nSPS) is 14.6. The molecule has 0 atom stereocenters. The van der Waals surface area contributed by atoms with E-state index in [4.69, 9.17) is 27.9 Å². The summed E-state index contributed by atoms with van der Waals surface area (Å²) < 4.78 is 5.32. The van der Waals surface area contributed by atoms with Gasteiger partial charge in [-0.1, -0.05) is 47.5 Å². The molecule has 0 aromatic heterocycles. The summed E-state index contributed by atoms with van der Waals surface area (Å²) in [7, 11) is 1.60. The highest BCUT2D eigenvalue weighted by Crippen LogP contribution is 2.26. The Morgan fingerprint density at radius 3 is 2.54 bits per heavy atom. The number of carbonyl (C=O) groups is 2. The molecule has 7 heteroatoms. The molecule has 2 amide bonds. The van der Waals surface area contributed by atoms with Gasteiger partial charge < -0.3 is 15.0 Å². The Labute approximate surface area is 174 Å². The predicted molar refractivity (Wildman–Crippen MR) is 110 cm³/mol. The van der Waals surface area contributed by atoms with E-state index in [-0.39, 0.29) is 22.9 Å². The highest BCUT2D eigenvalue weighted by molar-refractivity contribution is 6.43. The van der Waals surface area contributed by atoms with Crippen LogP contribution in [0.4, 0.5) is 0 Å². The number of carbonyl (C=O) groups excluding carboxylic acids is 2. The Hall–Kier alpha value is -2.24. The van der Waals surface area contributed by atoms with Crippen molar-refractivity contribution < 1.29 is 14.3 Å². The third kappa shape index (κ3) is 4.78. The summed E-state index contributed by atoms with van der Waals surface area (Å²) >= 11 is 12.1. The van der Waals surface area contributed by atoms with Crippen molar-refractivity contribution in [2.75, 3.05) is 20.2 Å². The number of rotatable bonds is 5. The number of benzene rings is 2. The molecule has 0 radical (unpaired) electrons. The number of nitrogens with zero attached hydrogens (tertiary/aromatic N) is 1. The summed E-state index contributed by atoms with van der Waals surface area (Å²) in [6.07, 6.45) is 1.70. The fourth-order valence-electron chi connectivity index (χ4n) is 3.34. The van der Waals surface area contributed by atoms with Gasteiger partial charge in [0.05, 0.1) is 29.1 Å². The summed E-state index contributed by atoms with van der Waals surface area (Å²) in [6.45, 7) is 1.20. The van der Waals surface area contributed by atoms with E-state index in [1.165, 1.54) is 0 Å². The Balaban J connectivity index is 1.53. The Kier molecular flexibility index (Phi) is 6.81. The van der Waals surface area contributed by atoms with E-state index >= 15 is 0 Å². The van der Waals surface area contributed by atoms with Crippen molar-refractivity contribution in [2.45, 2.75) is 25.3 Å². The lowest BCUT2D eigenvalue weighted by molar-refractivity contribution is -0.131. The summed E-state index contributed by atoms with van der Waals surface area (Å²) in [5.41, 5.74) is 1.24. The van der Waals surface area contributed by atoms with E-state index in [0.717, 1.165) is 11.3 Å². The monoisotopic (exact) mass is 420 g/mol. The fourth-order valence-corrected chi connectivity index (χ4v) is 3.73. The van der Waals surface area contributed by atoms with Gasteiger partial charge in [-0.25, -0.2) is 0 Å². The zero-order valence-corrected chi connectivity index (χ0v) is 17.1. The van der Waals surface area contributed by atoms with Crippen molar-refractivity contribution in [3.63, 3.8) is 0 Å². The quantitative estimate of drug-likeness (QED) is 0.795. The molecule has 0 aliphatic carbocycles. The number of piperidine rings is 1. The van der Waals surface area contributed by atoms with Gasteiger partial charge in [0, 0.05) is 24.7 Å². The number of methoxy groups -OCH3 is 1. The molecule has 0 saturated carbocycles. The predicted octanol–water partition coefficient (Wildman–Crippen LogP) is 3.97. The van der Waals surface area contributed by atoms with Crippen LogP contribution in [-0.2, 0) is 11.2 Å². The lowest BCUT2D eigenvalue weighted by Crippen LogP contribution is -2.47. The molecule has 1 N–H and O–H groups in total. The lowest BCUT2D eigenvalue weighted by atomic mass is 10.0. The molecule has 28 heavy (non-hydrogen) atoms. The van der Waals surface area contributed by atoms with Crippen LogP contribution in [0.3, 0.4) is 0 Å². The van der Waals surface area contributed by atoms with E-state index in [9.17, 15) is 9.59 Å². The van der Waals surface area contributed by atoms with Crippen molar-refractivity contribution >= 4 is 35.0 Å². The van der Waals surface area contributed by atoms with Crippen LogP contribution >= 0.6 is 23.2 Å². The minimum Gasteiger partial charge on any atom is -0.496 e. The van der Waals surface area contributed by atoms with Gasteiger partial charge in [0.2, 0.25) is 5.91 Å². The number of ether oxygens (including phenoxy) is 1. The average molecular weight is 421 g/mol. The van der Waals surface area contributed by atoms with E-state index in [1.807, 2.05) is 29.2 Å². The number of halogens is 2. The smallest absolute Gasteiger partial charge is 0.253 e. The van der Waals surface area contributed by atoms with Crippen LogP contribution in [0.5, 0.6) is 5.75 Å². The highest BCUT2D eigenvalue weighted by Gasteiger charge is 2.25. The number of amides is 2. The van der Waals surface area contributed by atoms with Crippen molar-refractivity contribution in [3.05, 3.63) is 63.6 Å². The number of hydrogen-bond donors (Lipinski definition) is 1. The number of hydrogen-bond acceptors (Lipinski definition) is 3. The molecule has 2 aromatic rings. The molecule has 0 bridgehead atoms. The van der Waals surface area contributed by atoms with Gasteiger partial charge in [0.1, 0.15) is 5.75 Å². The molecule has 1 aliphatic rings. The van der Waals surface area contributed by atoms with E-state index in [1.54, 1.807) is 25.3 Å². The van der Waals surface area contributed by atoms with Gasteiger partial charge in [0.15, 0.2) is 0 Å². The van der Waals surface area contributed by atoms with Crippen LogP contribution in [0, 0.1) is 0 Å². The Bertz CT molecular complexity index is 864. The fraction of sp³-hybridized carbons (Fsp3) is 0.333. The van der Waals surface area contributed by atoms with Gasteiger partial charge in [-0.2, -0.15) is 0 Å². The third-order valence-corrected chi connectivity index (χ3v) is 5.73. The van der Waals surface area contributed by atoms with Crippen LogP contribution in [0.25, 0.3) is 0 Å². The van der Waals surface area contributed by atoms with E-state index in [2.05, 4.69) is 5.32 Å². The van der Waals surface area contributed by atoms with Crippen molar-refractivity contribution in [1.29, 1.82) is 0 Å². The topological polar surface area (TPSA) is 58.6 Å². The molecule has 0 spiro atoms. The second-order valence-electron chi connectivity index (χ2n) is 6.72. The maximum atomic E-state index is 12.6. The molecule has 1 aliphatic heterocycles. The molecule has 148 valence electrons. The highest BCUT2D eigenvalue weighted by atomic mass is 35.5. The summed E-state index contributed by atoms with van der Waals surface area (Å²) in [4.78, 5) is 26.9. The molecular weight excluding hydrogens is 399 g/mol. The third-order valence-electron chi connectivity index (χ3n) is 4.91. The average Bonchev–Trinajstić information content (AvgIpc) is 2.71. The largest absolute Gasteiger partial charge is 0.496 e. The molecule has 1 saturated heterocycles. The standard InChI is InChI=1S/C21H22Cl2N2O3/c1-28-18-8-3-2-5-14(18)13-19(26)25-11-9-15(10-12-25)24-21(27)16-6-4-7-17(22)20(16)23/h2-8,15H,9-13H2,1H3,(H,24,27). The zero-order chi connectivity index (χ0) is 20.1. The first-order chi connectivity index (χ1) is 13.5. The summed E-state index contributed by atoms with van der Waals surface area (Å²) in [5, 5.41) is 3.60. The molecule has 0 unspecified atom stereocenters. The van der Waals surface area contributed by atoms with Crippen LogP contribution in [-0.4, -0.2) is 43.0 Å². The SMILES string of the molecule is COc1ccccc1CC(=O)N1CCC(NC(=O)c2cccc(Cl)c2Cl)CC1. The molecule has 1 heterocycles. The molecule has 1 fully saturated rings. The van der Waals surface area contributed by atoms with Crippen LogP contribution in [0.1, 0.15) is 28.8 Å². The number of nitrogens with one attached hydrogen (secondary N) is 1. The van der Waals surface area contributed by atoms with Gasteiger partial charge in [-0.05, 0) is 31.0 Å². The lowest BCUT2D eigenvalue weighted by Gasteiger charge is -2.32.